The number of rotatable bonds is 3. The van der Waals surface area contributed by atoms with Crippen molar-refractivity contribution in [3.8, 4) is 11.6 Å². The van der Waals surface area contributed by atoms with Gasteiger partial charge in [-0.05, 0) is 19.1 Å². The number of pyridine rings is 1. The SMILES string of the molecule is Cc1cc(Oc2ccc3nccnc3c2)ncc1[N+](=O)[O-]. The minimum Gasteiger partial charge on any atom is -0.439 e. The molecule has 3 rings (SSSR count). The van der Waals surface area contributed by atoms with Gasteiger partial charge in [-0.2, -0.15) is 0 Å². The molecule has 0 fully saturated rings. The van der Waals surface area contributed by atoms with Gasteiger partial charge in [0.25, 0.3) is 5.69 Å². The Morgan fingerprint density at radius 1 is 1.10 bits per heavy atom. The van der Waals surface area contributed by atoms with Crippen LogP contribution in [0.3, 0.4) is 0 Å². The number of aromatic nitrogens is 3. The van der Waals surface area contributed by atoms with Gasteiger partial charge in [-0.15, -0.1) is 0 Å². The molecule has 7 heteroatoms. The number of fused-ring (bicyclic) bond motifs is 1. The van der Waals surface area contributed by atoms with Gasteiger partial charge in [0.15, 0.2) is 0 Å². The van der Waals surface area contributed by atoms with Gasteiger partial charge in [0.2, 0.25) is 5.88 Å². The van der Waals surface area contributed by atoms with Crippen LogP contribution in [-0.2, 0) is 0 Å². The Balaban J connectivity index is 1.91. The molecule has 0 radical (unpaired) electrons. The molecule has 21 heavy (non-hydrogen) atoms. The molecule has 0 saturated carbocycles. The summed E-state index contributed by atoms with van der Waals surface area (Å²) in [6, 6.07) is 6.80. The van der Waals surface area contributed by atoms with E-state index in [-0.39, 0.29) is 5.69 Å². The first kappa shape index (κ1) is 12.9. The molecule has 104 valence electrons. The summed E-state index contributed by atoms with van der Waals surface area (Å²) in [4.78, 5) is 22.6. The van der Waals surface area contributed by atoms with Crippen molar-refractivity contribution >= 4 is 16.7 Å². The Morgan fingerprint density at radius 2 is 1.86 bits per heavy atom. The highest BCUT2D eigenvalue weighted by atomic mass is 16.6. The summed E-state index contributed by atoms with van der Waals surface area (Å²) in [6.45, 7) is 1.64. The number of hydrogen-bond acceptors (Lipinski definition) is 6. The second kappa shape index (κ2) is 5.12. The van der Waals surface area contributed by atoms with Gasteiger partial charge in [0.05, 0.1) is 16.0 Å². The van der Waals surface area contributed by atoms with E-state index in [0.717, 1.165) is 5.52 Å². The standard InChI is InChI=1S/C14H10N4O3/c1-9-6-14(17-8-13(9)18(19)20)21-10-2-3-11-12(7-10)16-5-4-15-11/h2-8H,1H3. The van der Waals surface area contributed by atoms with E-state index in [0.29, 0.717) is 22.7 Å². The van der Waals surface area contributed by atoms with Crippen molar-refractivity contribution in [1.82, 2.24) is 15.0 Å². The van der Waals surface area contributed by atoms with Crippen molar-refractivity contribution in [2.75, 3.05) is 0 Å². The molecule has 0 unspecified atom stereocenters. The van der Waals surface area contributed by atoms with Crippen LogP contribution < -0.4 is 4.74 Å². The molecule has 0 N–H and O–H groups in total. The Labute approximate surface area is 119 Å². The van der Waals surface area contributed by atoms with E-state index >= 15 is 0 Å². The molecule has 0 spiro atoms. The van der Waals surface area contributed by atoms with Crippen molar-refractivity contribution < 1.29 is 9.66 Å². The predicted octanol–water partition coefficient (Wildman–Crippen LogP) is 3.03. The molecule has 2 heterocycles. The summed E-state index contributed by atoms with van der Waals surface area (Å²) in [5.74, 6) is 0.838. The van der Waals surface area contributed by atoms with Crippen LogP contribution in [0, 0.1) is 17.0 Å². The van der Waals surface area contributed by atoms with E-state index in [9.17, 15) is 10.1 Å². The lowest BCUT2D eigenvalue weighted by Gasteiger charge is -2.06. The van der Waals surface area contributed by atoms with Crippen LogP contribution in [-0.4, -0.2) is 19.9 Å². The fraction of sp³-hybridized carbons (Fsp3) is 0.0714. The zero-order valence-corrected chi connectivity index (χ0v) is 11.1. The van der Waals surface area contributed by atoms with Gasteiger partial charge >= 0.3 is 0 Å². The third-order valence-electron chi connectivity index (χ3n) is 2.92. The maximum absolute atomic E-state index is 10.7. The lowest BCUT2D eigenvalue weighted by Crippen LogP contribution is -1.95. The summed E-state index contributed by atoms with van der Waals surface area (Å²) < 4.78 is 5.60. The van der Waals surface area contributed by atoms with E-state index in [1.165, 1.54) is 12.3 Å². The summed E-state index contributed by atoms with van der Waals surface area (Å²) in [5, 5.41) is 10.7. The molecule has 0 saturated heterocycles. The largest absolute Gasteiger partial charge is 0.439 e. The van der Waals surface area contributed by atoms with Crippen LogP contribution in [0.5, 0.6) is 11.6 Å². The molecule has 1 aromatic carbocycles. The van der Waals surface area contributed by atoms with Gasteiger partial charge in [0, 0.05) is 30.1 Å². The number of nitrogens with zero attached hydrogens (tertiary/aromatic N) is 4. The van der Waals surface area contributed by atoms with Crippen molar-refractivity contribution in [2.45, 2.75) is 6.92 Å². The number of nitro groups is 1. The lowest BCUT2D eigenvalue weighted by molar-refractivity contribution is -0.385. The van der Waals surface area contributed by atoms with Gasteiger partial charge in [-0.3, -0.25) is 20.1 Å². The second-order valence-corrected chi connectivity index (χ2v) is 4.38. The topological polar surface area (TPSA) is 91.0 Å². The van der Waals surface area contributed by atoms with Crippen LogP contribution in [0.2, 0.25) is 0 Å². The Hall–Kier alpha value is -3.09. The van der Waals surface area contributed by atoms with Crippen molar-refractivity contribution in [2.24, 2.45) is 0 Å². The minimum atomic E-state index is -0.474. The highest BCUT2D eigenvalue weighted by molar-refractivity contribution is 5.75. The van der Waals surface area contributed by atoms with Crippen molar-refractivity contribution in [3.63, 3.8) is 0 Å². The van der Waals surface area contributed by atoms with Crippen molar-refractivity contribution in [3.05, 3.63) is 58.5 Å². The van der Waals surface area contributed by atoms with Crippen LogP contribution >= 0.6 is 0 Å². The summed E-state index contributed by atoms with van der Waals surface area (Å²) in [6.07, 6.45) is 4.40. The average molecular weight is 282 g/mol. The smallest absolute Gasteiger partial charge is 0.290 e. The molecular formula is C14H10N4O3. The normalized spacial score (nSPS) is 10.5. The van der Waals surface area contributed by atoms with Crippen LogP contribution in [0.4, 0.5) is 5.69 Å². The van der Waals surface area contributed by atoms with Crippen LogP contribution in [0.15, 0.2) is 42.9 Å². The van der Waals surface area contributed by atoms with E-state index in [1.807, 2.05) is 0 Å². The summed E-state index contributed by atoms with van der Waals surface area (Å²) in [7, 11) is 0. The number of aryl methyl sites for hydroxylation is 1. The Bertz CT molecular complexity index is 835. The molecule has 0 bridgehead atoms. The maximum atomic E-state index is 10.7. The monoisotopic (exact) mass is 282 g/mol. The van der Waals surface area contributed by atoms with Crippen LogP contribution in [0.25, 0.3) is 11.0 Å². The molecule has 3 aromatic rings. The van der Waals surface area contributed by atoms with E-state index < -0.39 is 4.92 Å². The zero-order valence-electron chi connectivity index (χ0n) is 11.1. The Morgan fingerprint density at radius 3 is 2.57 bits per heavy atom. The van der Waals surface area contributed by atoms with Gasteiger partial charge in [0.1, 0.15) is 11.9 Å². The second-order valence-electron chi connectivity index (χ2n) is 4.38. The van der Waals surface area contributed by atoms with Gasteiger partial charge < -0.3 is 4.74 Å². The lowest BCUT2D eigenvalue weighted by atomic mass is 10.2. The molecule has 0 aliphatic heterocycles. The fourth-order valence-corrected chi connectivity index (χ4v) is 1.90. The summed E-state index contributed by atoms with van der Waals surface area (Å²) in [5.41, 5.74) is 1.92. The number of hydrogen-bond donors (Lipinski definition) is 0. The molecule has 2 aromatic heterocycles. The molecule has 7 nitrogen and oxygen atoms in total. The molecule has 0 aliphatic rings. The first-order valence-corrected chi connectivity index (χ1v) is 6.13. The van der Waals surface area contributed by atoms with Crippen LogP contribution in [0.1, 0.15) is 5.56 Å². The summed E-state index contributed by atoms with van der Waals surface area (Å²) >= 11 is 0. The van der Waals surface area contributed by atoms with Gasteiger partial charge in [-0.1, -0.05) is 0 Å². The zero-order chi connectivity index (χ0) is 14.8. The van der Waals surface area contributed by atoms with E-state index in [4.69, 9.17) is 4.74 Å². The molecular weight excluding hydrogens is 272 g/mol. The fourth-order valence-electron chi connectivity index (χ4n) is 1.90. The third-order valence-corrected chi connectivity index (χ3v) is 2.92. The molecule has 0 amide bonds. The highest BCUT2D eigenvalue weighted by Crippen LogP contribution is 2.26. The molecule has 0 aliphatic carbocycles. The maximum Gasteiger partial charge on any atom is 0.290 e. The quantitative estimate of drug-likeness (QED) is 0.541. The third kappa shape index (κ3) is 2.62. The van der Waals surface area contributed by atoms with Gasteiger partial charge in [-0.25, -0.2) is 4.98 Å². The predicted molar refractivity (Wildman–Crippen MR) is 75.2 cm³/mol. The number of benzene rings is 1. The van der Waals surface area contributed by atoms with Crippen molar-refractivity contribution in [1.29, 1.82) is 0 Å². The van der Waals surface area contributed by atoms with E-state index in [1.54, 1.807) is 37.5 Å². The highest BCUT2D eigenvalue weighted by Gasteiger charge is 2.12. The number of ether oxygens (including phenoxy) is 1. The molecule has 0 atom stereocenters. The first-order chi connectivity index (χ1) is 10.1. The average Bonchev–Trinajstić information content (AvgIpc) is 2.47. The van der Waals surface area contributed by atoms with E-state index in [2.05, 4.69) is 15.0 Å². The Kier molecular flexibility index (Phi) is 3.15. The minimum absolute atomic E-state index is 0.0354. The first-order valence-electron chi connectivity index (χ1n) is 6.13.